The second-order valence-corrected chi connectivity index (χ2v) is 7.57. The molecule has 0 aliphatic carbocycles. The topological polar surface area (TPSA) is 29.1 Å². The van der Waals surface area contributed by atoms with E-state index in [2.05, 4.69) is 28.2 Å². The summed E-state index contributed by atoms with van der Waals surface area (Å²) in [6.45, 7) is 6.10. The normalized spacial score (nSPS) is 10.7. The average molecular weight is 387 g/mol. The van der Waals surface area contributed by atoms with Crippen molar-refractivity contribution in [1.29, 1.82) is 0 Å². The van der Waals surface area contributed by atoms with Crippen molar-refractivity contribution in [1.82, 2.24) is 0 Å². The zero-order valence-corrected chi connectivity index (χ0v) is 15.4. The molecule has 0 aliphatic heterocycles. The smallest absolute Gasteiger partial charge is 0.265 e. The van der Waals surface area contributed by atoms with Gasteiger partial charge in [0.15, 0.2) is 0 Å². The van der Waals surface area contributed by atoms with Crippen molar-refractivity contribution in [2.24, 2.45) is 0 Å². The number of carbonyl (C=O) groups excluding carboxylic acids is 1. The maximum atomic E-state index is 12.5. The van der Waals surface area contributed by atoms with Crippen LogP contribution in [0, 0.1) is 6.92 Å². The minimum absolute atomic E-state index is 0.0829. The maximum Gasteiger partial charge on any atom is 0.265 e. The van der Waals surface area contributed by atoms with Crippen molar-refractivity contribution in [3.63, 3.8) is 0 Å². The monoisotopic (exact) mass is 385 g/mol. The van der Waals surface area contributed by atoms with Crippen molar-refractivity contribution in [3.05, 3.63) is 48.6 Å². The Morgan fingerprint density at radius 1 is 1.33 bits per heavy atom. The molecule has 1 aromatic heterocycles. The quantitative estimate of drug-likeness (QED) is 0.701. The summed E-state index contributed by atoms with van der Waals surface area (Å²) in [6, 6.07) is 5.78. The summed E-state index contributed by atoms with van der Waals surface area (Å²) in [4.78, 5) is 13.2. The van der Waals surface area contributed by atoms with Gasteiger partial charge in [0, 0.05) is 10.7 Å². The fraction of sp³-hybridized carbons (Fsp3) is 0.312. The molecule has 0 radical (unpaired) electrons. The predicted octanol–water partition coefficient (Wildman–Crippen LogP) is 5.85. The van der Waals surface area contributed by atoms with Gasteiger partial charge in [-0.15, -0.1) is 11.3 Å². The van der Waals surface area contributed by atoms with Crippen LogP contribution in [-0.2, 0) is 12.8 Å². The summed E-state index contributed by atoms with van der Waals surface area (Å²) < 4.78 is 0.991. The van der Waals surface area contributed by atoms with Crippen molar-refractivity contribution < 1.29 is 4.79 Å². The zero-order valence-electron chi connectivity index (χ0n) is 12.2. The van der Waals surface area contributed by atoms with Crippen molar-refractivity contribution in [2.45, 2.75) is 33.6 Å². The Hall–Kier alpha value is -0.840. The molecule has 1 aromatic carbocycles. The van der Waals surface area contributed by atoms with Crippen LogP contribution in [0.3, 0.4) is 0 Å². The maximum absolute atomic E-state index is 12.5. The Kier molecular flexibility index (Phi) is 5.47. The Bertz CT molecular complexity index is 662. The number of aryl methyl sites for hydroxylation is 2. The summed E-state index contributed by atoms with van der Waals surface area (Å²) >= 11 is 11.2. The molecular weight excluding hydrogens is 370 g/mol. The lowest BCUT2D eigenvalue weighted by Crippen LogP contribution is -2.14. The lowest BCUT2D eigenvalue weighted by Gasteiger charge is -2.15. The second-order valence-electron chi connectivity index (χ2n) is 4.79. The molecule has 21 heavy (non-hydrogen) atoms. The number of nitrogens with one attached hydrogen (secondary N) is 1. The number of hydrogen-bond donors (Lipinski definition) is 1. The Balaban J connectivity index is 2.38. The number of hydrogen-bond acceptors (Lipinski definition) is 2. The predicted molar refractivity (Wildman–Crippen MR) is 94.9 cm³/mol. The first kappa shape index (κ1) is 16.5. The van der Waals surface area contributed by atoms with Gasteiger partial charge in [0.05, 0.1) is 8.66 Å². The van der Waals surface area contributed by atoms with Gasteiger partial charge in [0.25, 0.3) is 5.91 Å². The van der Waals surface area contributed by atoms with Crippen LogP contribution in [0.1, 0.15) is 40.2 Å². The minimum atomic E-state index is -0.0829. The van der Waals surface area contributed by atoms with Crippen LogP contribution in [0.5, 0.6) is 0 Å². The fourth-order valence-electron chi connectivity index (χ4n) is 2.21. The first-order chi connectivity index (χ1) is 9.97. The zero-order chi connectivity index (χ0) is 15.6. The largest absolute Gasteiger partial charge is 0.321 e. The SMILES string of the molecule is CCc1ccc(Cl)c(CC)c1NC(=O)c1cc(C)c(Br)s1. The Morgan fingerprint density at radius 3 is 2.57 bits per heavy atom. The molecule has 0 fully saturated rings. The standard InChI is InChI=1S/C16H17BrClNOS/c1-4-10-6-7-12(18)11(5-2)14(10)19-16(20)13-8-9(3)15(17)21-13/h6-8H,4-5H2,1-3H3,(H,19,20). The molecule has 112 valence electrons. The molecule has 0 atom stereocenters. The molecule has 5 heteroatoms. The summed E-state index contributed by atoms with van der Waals surface area (Å²) in [5, 5.41) is 3.75. The molecule has 1 heterocycles. The van der Waals surface area contributed by atoms with Gasteiger partial charge in [-0.2, -0.15) is 0 Å². The van der Waals surface area contributed by atoms with Gasteiger partial charge in [-0.3, -0.25) is 4.79 Å². The van der Waals surface area contributed by atoms with E-state index in [-0.39, 0.29) is 5.91 Å². The molecule has 0 spiro atoms. The second kappa shape index (κ2) is 6.95. The molecule has 0 bridgehead atoms. The summed E-state index contributed by atoms with van der Waals surface area (Å²) in [5.74, 6) is -0.0829. The number of carbonyl (C=O) groups is 1. The lowest BCUT2D eigenvalue weighted by atomic mass is 10.0. The molecule has 0 saturated carbocycles. The molecule has 1 amide bonds. The molecular formula is C16H17BrClNOS. The van der Waals surface area contributed by atoms with Gasteiger partial charge < -0.3 is 5.32 Å². The van der Waals surface area contributed by atoms with E-state index in [4.69, 9.17) is 11.6 Å². The van der Waals surface area contributed by atoms with Crippen LogP contribution in [-0.4, -0.2) is 5.91 Å². The van der Waals surface area contributed by atoms with E-state index in [1.54, 1.807) is 0 Å². The van der Waals surface area contributed by atoms with Gasteiger partial charge in [0.1, 0.15) is 0 Å². The number of anilines is 1. The highest BCUT2D eigenvalue weighted by atomic mass is 79.9. The molecule has 2 aromatic rings. The van der Waals surface area contributed by atoms with E-state index in [1.165, 1.54) is 11.3 Å². The van der Waals surface area contributed by atoms with Crippen LogP contribution in [0.4, 0.5) is 5.69 Å². The van der Waals surface area contributed by atoms with Gasteiger partial charge in [-0.1, -0.05) is 31.5 Å². The highest BCUT2D eigenvalue weighted by Gasteiger charge is 2.16. The fourth-order valence-corrected chi connectivity index (χ4v) is 3.93. The summed E-state index contributed by atoms with van der Waals surface area (Å²) in [7, 11) is 0. The van der Waals surface area contributed by atoms with Crippen LogP contribution in [0.25, 0.3) is 0 Å². The third-order valence-electron chi connectivity index (χ3n) is 3.40. The highest BCUT2D eigenvalue weighted by Crippen LogP contribution is 2.32. The first-order valence-electron chi connectivity index (χ1n) is 6.85. The van der Waals surface area contributed by atoms with E-state index in [0.29, 0.717) is 9.90 Å². The van der Waals surface area contributed by atoms with Crippen molar-refractivity contribution in [2.75, 3.05) is 5.32 Å². The van der Waals surface area contributed by atoms with Crippen LogP contribution < -0.4 is 5.32 Å². The van der Waals surface area contributed by atoms with E-state index >= 15 is 0 Å². The van der Waals surface area contributed by atoms with Crippen LogP contribution in [0.2, 0.25) is 5.02 Å². The first-order valence-corrected chi connectivity index (χ1v) is 8.84. The summed E-state index contributed by atoms with van der Waals surface area (Å²) in [6.07, 6.45) is 1.64. The molecule has 0 unspecified atom stereocenters. The number of rotatable bonds is 4. The Morgan fingerprint density at radius 2 is 2.05 bits per heavy atom. The van der Waals surface area contributed by atoms with Crippen LogP contribution >= 0.6 is 38.9 Å². The third-order valence-corrected chi connectivity index (χ3v) is 5.89. The number of benzene rings is 1. The van der Waals surface area contributed by atoms with Gasteiger partial charge in [-0.05, 0) is 64.5 Å². The molecule has 2 rings (SSSR count). The van der Waals surface area contributed by atoms with Crippen molar-refractivity contribution in [3.8, 4) is 0 Å². The van der Waals surface area contributed by atoms with Gasteiger partial charge in [-0.25, -0.2) is 0 Å². The summed E-state index contributed by atoms with van der Waals surface area (Å²) in [5.41, 5.74) is 4.04. The van der Waals surface area contributed by atoms with E-state index < -0.39 is 0 Å². The number of thiophene rings is 1. The third kappa shape index (κ3) is 3.50. The van der Waals surface area contributed by atoms with Gasteiger partial charge in [0.2, 0.25) is 0 Å². The minimum Gasteiger partial charge on any atom is -0.321 e. The lowest BCUT2D eigenvalue weighted by molar-refractivity contribution is 0.103. The van der Waals surface area contributed by atoms with Crippen LogP contribution in [0.15, 0.2) is 22.0 Å². The Labute approximate surface area is 142 Å². The van der Waals surface area contributed by atoms with E-state index in [9.17, 15) is 4.79 Å². The number of halogens is 2. The van der Waals surface area contributed by atoms with Crippen molar-refractivity contribution >= 4 is 50.5 Å². The molecule has 2 nitrogen and oxygen atoms in total. The molecule has 1 N–H and O–H groups in total. The highest BCUT2D eigenvalue weighted by molar-refractivity contribution is 9.11. The molecule has 0 saturated heterocycles. The van der Waals surface area contributed by atoms with E-state index in [0.717, 1.165) is 39.0 Å². The van der Waals surface area contributed by atoms with Gasteiger partial charge >= 0.3 is 0 Å². The van der Waals surface area contributed by atoms with E-state index in [1.807, 2.05) is 32.0 Å². The number of amides is 1. The molecule has 0 aliphatic rings. The average Bonchev–Trinajstić information content (AvgIpc) is 2.79.